The van der Waals surface area contributed by atoms with Gasteiger partial charge < -0.3 is 5.73 Å². The predicted molar refractivity (Wildman–Crippen MR) is 68.7 cm³/mol. The van der Waals surface area contributed by atoms with Gasteiger partial charge in [0.25, 0.3) is 0 Å². The summed E-state index contributed by atoms with van der Waals surface area (Å²) in [5.74, 6) is 0. The van der Waals surface area contributed by atoms with Crippen LogP contribution >= 0.6 is 11.6 Å². The number of nitrogens with two attached hydrogens (primary N) is 1. The van der Waals surface area contributed by atoms with E-state index in [9.17, 15) is 0 Å². The molecule has 1 aliphatic heterocycles. The average molecular weight is 239 g/mol. The lowest BCUT2D eigenvalue weighted by Crippen LogP contribution is -2.30. The molecule has 1 aromatic rings. The number of hydrogen-bond donors (Lipinski definition) is 1. The molecule has 0 bridgehead atoms. The monoisotopic (exact) mass is 238 g/mol. The van der Waals surface area contributed by atoms with Crippen LogP contribution in [-0.2, 0) is 13.0 Å². The van der Waals surface area contributed by atoms with Crippen molar-refractivity contribution in [1.29, 1.82) is 0 Å². The minimum Gasteiger partial charge on any atom is -0.324 e. The van der Waals surface area contributed by atoms with Gasteiger partial charge in [-0.2, -0.15) is 0 Å². The first-order valence-electron chi connectivity index (χ1n) is 5.91. The van der Waals surface area contributed by atoms with Crippen LogP contribution in [0, 0.1) is 0 Å². The highest BCUT2D eigenvalue weighted by Crippen LogP contribution is 2.28. The fraction of sp³-hybridized carbons (Fsp3) is 0.538. The molecule has 88 valence electrons. The molecule has 3 heteroatoms. The van der Waals surface area contributed by atoms with E-state index in [0.717, 1.165) is 36.6 Å². The van der Waals surface area contributed by atoms with E-state index in [-0.39, 0.29) is 6.04 Å². The summed E-state index contributed by atoms with van der Waals surface area (Å²) >= 11 is 6.25. The molecule has 1 atom stereocenters. The SMILES string of the molecule is CCN1CCc2cc(C(C)N)c(Cl)cc2C1. The van der Waals surface area contributed by atoms with Crippen molar-refractivity contribution in [1.82, 2.24) is 4.90 Å². The van der Waals surface area contributed by atoms with Crippen LogP contribution in [-0.4, -0.2) is 18.0 Å². The molecule has 1 aliphatic rings. The lowest BCUT2D eigenvalue weighted by Gasteiger charge is -2.28. The lowest BCUT2D eigenvalue weighted by molar-refractivity contribution is 0.268. The summed E-state index contributed by atoms with van der Waals surface area (Å²) in [5.41, 5.74) is 9.76. The smallest absolute Gasteiger partial charge is 0.0457 e. The lowest BCUT2D eigenvalue weighted by atomic mass is 9.95. The highest BCUT2D eigenvalue weighted by atomic mass is 35.5. The molecular weight excluding hydrogens is 220 g/mol. The number of halogens is 1. The van der Waals surface area contributed by atoms with E-state index in [4.69, 9.17) is 17.3 Å². The van der Waals surface area contributed by atoms with Crippen molar-refractivity contribution in [2.75, 3.05) is 13.1 Å². The number of rotatable bonds is 2. The molecule has 2 N–H and O–H groups in total. The standard InChI is InChI=1S/C13H19ClN2/c1-3-16-5-4-10-6-12(9(2)15)13(14)7-11(10)8-16/h6-7,9H,3-5,8,15H2,1-2H3. The van der Waals surface area contributed by atoms with E-state index in [1.165, 1.54) is 11.1 Å². The zero-order valence-electron chi connectivity index (χ0n) is 9.96. The Morgan fingerprint density at radius 2 is 2.19 bits per heavy atom. The highest BCUT2D eigenvalue weighted by molar-refractivity contribution is 6.31. The maximum Gasteiger partial charge on any atom is 0.0457 e. The van der Waals surface area contributed by atoms with Gasteiger partial charge in [-0.3, -0.25) is 4.90 Å². The third-order valence-electron chi connectivity index (χ3n) is 3.35. The summed E-state index contributed by atoms with van der Waals surface area (Å²) in [7, 11) is 0. The molecule has 0 saturated heterocycles. The minimum atomic E-state index is 0.0157. The van der Waals surface area contributed by atoms with Crippen molar-refractivity contribution in [2.24, 2.45) is 5.73 Å². The van der Waals surface area contributed by atoms with Crippen molar-refractivity contribution in [3.8, 4) is 0 Å². The summed E-state index contributed by atoms with van der Waals surface area (Å²) < 4.78 is 0. The van der Waals surface area contributed by atoms with Crippen LogP contribution < -0.4 is 5.73 Å². The number of nitrogens with zero attached hydrogens (tertiary/aromatic N) is 1. The summed E-state index contributed by atoms with van der Waals surface area (Å²) in [6, 6.07) is 4.30. The van der Waals surface area contributed by atoms with E-state index in [1.807, 2.05) is 6.92 Å². The normalized spacial score (nSPS) is 18.2. The van der Waals surface area contributed by atoms with Gasteiger partial charge in [0.15, 0.2) is 0 Å². The Hall–Kier alpha value is -0.570. The van der Waals surface area contributed by atoms with Crippen LogP contribution in [0.15, 0.2) is 12.1 Å². The fourth-order valence-corrected chi connectivity index (χ4v) is 2.63. The fourth-order valence-electron chi connectivity index (χ4n) is 2.28. The van der Waals surface area contributed by atoms with Crippen molar-refractivity contribution in [3.63, 3.8) is 0 Å². The Balaban J connectivity index is 2.34. The van der Waals surface area contributed by atoms with Crippen LogP contribution in [0.25, 0.3) is 0 Å². The molecule has 0 spiro atoms. The Morgan fingerprint density at radius 1 is 1.44 bits per heavy atom. The van der Waals surface area contributed by atoms with E-state index in [1.54, 1.807) is 0 Å². The number of likely N-dealkylation sites (N-methyl/N-ethyl adjacent to an activating group) is 1. The van der Waals surface area contributed by atoms with Gasteiger partial charge in [-0.1, -0.05) is 24.6 Å². The second-order valence-electron chi connectivity index (χ2n) is 4.55. The first kappa shape index (κ1) is 11.9. The molecule has 1 unspecified atom stereocenters. The van der Waals surface area contributed by atoms with E-state index < -0.39 is 0 Å². The maximum atomic E-state index is 6.25. The summed E-state index contributed by atoms with van der Waals surface area (Å²) in [6.45, 7) is 7.44. The second kappa shape index (κ2) is 4.74. The molecule has 0 aliphatic carbocycles. The summed E-state index contributed by atoms with van der Waals surface area (Å²) in [4.78, 5) is 2.43. The van der Waals surface area contributed by atoms with Crippen molar-refractivity contribution >= 4 is 11.6 Å². The van der Waals surface area contributed by atoms with Crippen LogP contribution in [0.4, 0.5) is 0 Å². The van der Waals surface area contributed by atoms with Crippen LogP contribution in [0.2, 0.25) is 5.02 Å². The third-order valence-corrected chi connectivity index (χ3v) is 3.68. The number of benzene rings is 1. The van der Waals surface area contributed by atoms with Gasteiger partial charge in [0.2, 0.25) is 0 Å². The second-order valence-corrected chi connectivity index (χ2v) is 4.96. The Kier molecular flexibility index (Phi) is 3.53. The molecule has 0 fully saturated rings. The highest BCUT2D eigenvalue weighted by Gasteiger charge is 2.17. The van der Waals surface area contributed by atoms with Crippen molar-refractivity contribution < 1.29 is 0 Å². The molecule has 0 aromatic heterocycles. The van der Waals surface area contributed by atoms with Crippen LogP contribution in [0.1, 0.15) is 36.6 Å². The zero-order chi connectivity index (χ0) is 11.7. The molecule has 1 heterocycles. The Labute approximate surface area is 102 Å². The first-order chi connectivity index (χ1) is 7.61. The van der Waals surface area contributed by atoms with Gasteiger partial charge in [0, 0.05) is 24.2 Å². The van der Waals surface area contributed by atoms with Crippen molar-refractivity contribution in [3.05, 3.63) is 33.8 Å². The number of fused-ring (bicyclic) bond motifs is 1. The molecule has 2 rings (SSSR count). The first-order valence-corrected chi connectivity index (χ1v) is 6.28. The molecule has 0 saturated carbocycles. The molecule has 1 aromatic carbocycles. The molecular formula is C13H19ClN2. The van der Waals surface area contributed by atoms with Gasteiger partial charge in [0.1, 0.15) is 0 Å². The quantitative estimate of drug-likeness (QED) is 0.859. The molecule has 2 nitrogen and oxygen atoms in total. The van der Waals surface area contributed by atoms with Gasteiger partial charge in [-0.05, 0) is 42.6 Å². The summed E-state index contributed by atoms with van der Waals surface area (Å²) in [5, 5.41) is 0.812. The molecule has 0 radical (unpaired) electrons. The minimum absolute atomic E-state index is 0.0157. The Morgan fingerprint density at radius 3 is 2.81 bits per heavy atom. The molecule has 0 amide bonds. The Bertz CT molecular complexity index is 388. The van der Waals surface area contributed by atoms with E-state index in [0.29, 0.717) is 0 Å². The van der Waals surface area contributed by atoms with Gasteiger partial charge in [-0.25, -0.2) is 0 Å². The predicted octanol–water partition coefficient (Wildman–Crippen LogP) is 2.74. The average Bonchev–Trinajstić information content (AvgIpc) is 2.27. The van der Waals surface area contributed by atoms with E-state index in [2.05, 4.69) is 24.0 Å². The number of hydrogen-bond acceptors (Lipinski definition) is 2. The topological polar surface area (TPSA) is 29.3 Å². The molecule has 16 heavy (non-hydrogen) atoms. The van der Waals surface area contributed by atoms with Crippen LogP contribution in [0.3, 0.4) is 0 Å². The van der Waals surface area contributed by atoms with E-state index >= 15 is 0 Å². The van der Waals surface area contributed by atoms with Gasteiger partial charge in [0.05, 0.1) is 0 Å². The summed E-state index contributed by atoms with van der Waals surface area (Å²) in [6.07, 6.45) is 1.11. The largest absolute Gasteiger partial charge is 0.324 e. The third kappa shape index (κ3) is 2.24. The zero-order valence-corrected chi connectivity index (χ0v) is 10.7. The van der Waals surface area contributed by atoms with Crippen LogP contribution in [0.5, 0.6) is 0 Å². The maximum absolute atomic E-state index is 6.25. The van der Waals surface area contributed by atoms with Crippen molar-refractivity contribution in [2.45, 2.75) is 32.9 Å². The van der Waals surface area contributed by atoms with Gasteiger partial charge >= 0.3 is 0 Å². The van der Waals surface area contributed by atoms with Gasteiger partial charge in [-0.15, -0.1) is 0 Å².